The SMILES string of the molecule is CC(C)(C)c1ccc(N(c2ccc(-c3c4nnn(Cc5ccccc5)c4c(-c4ccc(N(c5ccc(C(C)(C)C)cc5)c5ccc(C(C)(C)C)cc5)cc4)c4n[s+][n-]c34)cc2)c2ccc(C(C)(C)C)cc2)cc1. The zero-order chi connectivity index (χ0) is 51.5. The van der Waals surface area contributed by atoms with Gasteiger partial charge in [0.15, 0.2) is 0 Å². The number of hydrogen-bond donors (Lipinski definition) is 0. The summed E-state index contributed by atoms with van der Waals surface area (Å²) in [7, 11) is 0. The fourth-order valence-corrected chi connectivity index (χ4v) is 10.3. The van der Waals surface area contributed by atoms with Crippen molar-refractivity contribution in [2.45, 2.75) is 111 Å². The monoisotopic (exact) mass is 978 g/mol. The molecular weight excluding hydrogens is 911 g/mol. The third kappa shape index (κ3) is 9.93. The Morgan fingerprint density at radius 3 is 1.11 bits per heavy atom. The number of aromatic nitrogens is 5. The maximum Gasteiger partial charge on any atom is 0.279 e. The molecule has 2 aromatic heterocycles. The number of nitrogens with zero attached hydrogens (tertiary/aromatic N) is 7. The highest BCUT2D eigenvalue weighted by Gasteiger charge is 2.26. The molecule has 0 saturated carbocycles. The largest absolute Gasteiger partial charge is 0.311 e. The number of rotatable bonds is 10. The molecule has 8 heteroatoms. The summed E-state index contributed by atoms with van der Waals surface area (Å²) >= 11 is 1.24. The van der Waals surface area contributed by atoms with Crippen molar-refractivity contribution in [3.63, 3.8) is 0 Å². The molecular formula is C65H67N7S. The molecule has 0 saturated heterocycles. The summed E-state index contributed by atoms with van der Waals surface area (Å²) in [6.45, 7) is 27.6. The Hall–Kier alpha value is -7.42. The van der Waals surface area contributed by atoms with E-state index in [2.05, 4.69) is 263 Å². The summed E-state index contributed by atoms with van der Waals surface area (Å²) in [5, 5.41) is 9.93. The standard InChI is InChI=1S/C65H67N7S/c1-62(2,3)46-22-34-52(35-23-46)71(53-36-24-47(25-37-53)63(4,5)6)50-30-18-44(19-31-50)56-58-59(68-73-67-58)57(61-60(56)66-69-70(61)42-43-16-14-13-15-17-43)45-20-32-51(33-21-45)72(54-38-26-48(27-39-54)64(7,8)9)55-40-28-49(29-41-55)65(10,11)12/h13-41H,42H2,1-12H3. The van der Waals surface area contributed by atoms with Gasteiger partial charge in [0.1, 0.15) is 5.52 Å². The van der Waals surface area contributed by atoms with Crippen LogP contribution in [-0.2, 0) is 28.2 Å². The Bertz CT molecular complexity index is 3390. The van der Waals surface area contributed by atoms with Gasteiger partial charge in [-0.1, -0.05) is 191 Å². The molecule has 73 heavy (non-hydrogen) atoms. The zero-order valence-electron chi connectivity index (χ0n) is 44.5. The van der Waals surface area contributed by atoms with Gasteiger partial charge in [-0.2, -0.15) is 8.75 Å². The summed E-state index contributed by atoms with van der Waals surface area (Å²) in [4.78, 5) is 4.68. The average Bonchev–Trinajstić information content (AvgIpc) is 4.02. The van der Waals surface area contributed by atoms with Crippen molar-refractivity contribution in [3.05, 3.63) is 204 Å². The van der Waals surface area contributed by atoms with E-state index in [1.165, 1.54) is 34.0 Å². The minimum Gasteiger partial charge on any atom is -0.311 e. The molecule has 0 unspecified atom stereocenters. The minimum atomic E-state index is 0.0431. The number of benzene rings is 8. The Morgan fingerprint density at radius 1 is 0.411 bits per heavy atom. The Labute approximate surface area is 436 Å². The first-order valence-corrected chi connectivity index (χ1v) is 26.2. The van der Waals surface area contributed by atoms with Crippen molar-refractivity contribution in [1.29, 1.82) is 0 Å². The second-order valence-corrected chi connectivity index (χ2v) is 24.1. The third-order valence-corrected chi connectivity index (χ3v) is 14.7. The molecule has 0 amide bonds. The second kappa shape index (κ2) is 18.9. The number of hydrogen-bond acceptors (Lipinski definition) is 5. The van der Waals surface area contributed by atoms with Crippen LogP contribution in [0.1, 0.15) is 111 Å². The molecule has 368 valence electrons. The smallest absolute Gasteiger partial charge is 0.279 e. The highest BCUT2D eigenvalue weighted by Crippen LogP contribution is 2.45. The van der Waals surface area contributed by atoms with Crippen LogP contribution in [0.4, 0.5) is 34.1 Å². The van der Waals surface area contributed by atoms with Crippen LogP contribution in [0.5, 0.6) is 0 Å². The van der Waals surface area contributed by atoms with Crippen LogP contribution in [0.3, 0.4) is 0 Å². The van der Waals surface area contributed by atoms with Crippen molar-refractivity contribution in [3.8, 4) is 22.3 Å². The van der Waals surface area contributed by atoms with Crippen molar-refractivity contribution >= 4 is 67.9 Å². The molecule has 0 aliphatic rings. The van der Waals surface area contributed by atoms with E-state index in [0.717, 1.165) is 84.0 Å². The Morgan fingerprint density at radius 2 is 0.753 bits per heavy atom. The summed E-state index contributed by atoms with van der Waals surface area (Å²) in [6, 6.07) is 64.1. The van der Waals surface area contributed by atoms with Gasteiger partial charge in [-0.05, 0) is 133 Å². The number of fused-ring (bicyclic) bond motifs is 2. The summed E-state index contributed by atoms with van der Waals surface area (Å²) in [5.41, 5.74) is 20.2. The molecule has 8 aromatic carbocycles. The van der Waals surface area contributed by atoms with Crippen LogP contribution in [0.2, 0.25) is 0 Å². The molecule has 0 radical (unpaired) electrons. The minimum absolute atomic E-state index is 0.0431. The molecule has 10 aromatic rings. The number of anilines is 6. The van der Waals surface area contributed by atoms with E-state index in [0.29, 0.717) is 6.54 Å². The lowest BCUT2D eigenvalue weighted by Crippen LogP contribution is -2.14. The predicted molar refractivity (Wildman–Crippen MR) is 309 cm³/mol. The summed E-state index contributed by atoms with van der Waals surface area (Å²) in [6.07, 6.45) is 0. The van der Waals surface area contributed by atoms with Crippen LogP contribution in [0.25, 0.3) is 44.3 Å². The zero-order valence-corrected chi connectivity index (χ0v) is 45.3. The van der Waals surface area contributed by atoms with E-state index in [1.54, 1.807) is 0 Å². The maximum absolute atomic E-state index is 5.08. The van der Waals surface area contributed by atoms with Crippen LogP contribution in [0, 0.1) is 0 Å². The first-order chi connectivity index (χ1) is 34.7. The van der Waals surface area contributed by atoms with Gasteiger partial charge < -0.3 is 9.80 Å². The van der Waals surface area contributed by atoms with Crippen molar-refractivity contribution in [1.82, 2.24) is 23.7 Å². The van der Waals surface area contributed by atoms with E-state index in [1.807, 2.05) is 10.7 Å². The fraction of sp³-hybridized carbons (Fsp3) is 0.262. The second-order valence-electron chi connectivity index (χ2n) is 23.6. The van der Waals surface area contributed by atoms with Gasteiger partial charge in [-0.3, -0.25) is 0 Å². The quantitative estimate of drug-likeness (QED) is 0.127. The predicted octanol–water partition coefficient (Wildman–Crippen LogP) is 17.8. The lowest BCUT2D eigenvalue weighted by molar-refractivity contribution is 0.590. The van der Waals surface area contributed by atoms with Crippen molar-refractivity contribution in [2.75, 3.05) is 9.80 Å². The molecule has 0 atom stereocenters. The van der Waals surface area contributed by atoms with Crippen molar-refractivity contribution in [2.24, 2.45) is 0 Å². The average molecular weight is 978 g/mol. The lowest BCUT2D eigenvalue weighted by Gasteiger charge is -2.28. The molecule has 7 nitrogen and oxygen atoms in total. The van der Waals surface area contributed by atoms with Crippen LogP contribution in [-0.4, -0.2) is 19.4 Å². The molecule has 0 N–H and O–H groups in total. The maximum atomic E-state index is 5.08. The summed E-state index contributed by atoms with van der Waals surface area (Å²) < 4.78 is 12.2. The first kappa shape index (κ1) is 49.2. The highest BCUT2D eigenvalue weighted by atomic mass is 32.1. The fourth-order valence-electron chi connectivity index (χ4n) is 9.77. The van der Waals surface area contributed by atoms with Gasteiger partial charge in [-0.25, -0.2) is 4.68 Å². The summed E-state index contributed by atoms with van der Waals surface area (Å²) in [5.74, 6) is 0. The van der Waals surface area contributed by atoms with Gasteiger partial charge in [0.2, 0.25) is 0 Å². The first-order valence-electron chi connectivity index (χ1n) is 25.5. The normalized spacial score (nSPS) is 12.4. The molecule has 0 bridgehead atoms. The molecule has 2 heterocycles. The molecule has 0 aliphatic heterocycles. The van der Waals surface area contributed by atoms with E-state index in [9.17, 15) is 0 Å². The third-order valence-electron chi connectivity index (χ3n) is 14.1. The van der Waals surface area contributed by atoms with Crippen LogP contribution < -0.4 is 14.2 Å². The molecule has 0 spiro atoms. The van der Waals surface area contributed by atoms with E-state index < -0.39 is 0 Å². The van der Waals surface area contributed by atoms with Gasteiger partial charge in [0.05, 0.1) is 12.1 Å². The van der Waals surface area contributed by atoms with E-state index in [4.69, 9.17) is 19.1 Å². The lowest BCUT2D eigenvalue weighted by atomic mass is 9.86. The van der Waals surface area contributed by atoms with E-state index >= 15 is 0 Å². The van der Waals surface area contributed by atoms with Gasteiger partial charge in [-0.15, -0.1) is 5.10 Å². The molecule has 10 rings (SSSR count). The Kier molecular flexibility index (Phi) is 12.7. The highest BCUT2D eigenvalue weighted by molar-refractivity contribution is 7.00. The molecule has 0 aliphatic carbocycles. The molecule has 0 fully saturated rings. The van der Waals surface area contributed by atoms with Crippen LogP contribution in [0.15, 0.2) is 176 Å². The van der Waals surface area contributed by atoms with Crippen LogP contribution >= 0.6 is 11.7 Å². The Balaban J connectivity index is 1.09. The van der Waals surface area contributed by atoms with E-state index in [-0.39, 0.29) is 21.7 Å². The van der Waals surface area contributed by atoms with Gasteiger partial charge >= 0.3 is 0 Å². The van der Waals surface area contributed by atoms with Crippen molar-refractivity contribution < 1.29 is 0 Å². The van der Waals surface area contributed by atoms with Gasteiger partial charge in [0, 0.05) is 56.3 Å². The van der Waals surface area contributed by atoms with Gasteiger partial charge in [0.25, 0.3) is 11.7 Å². The topological polar surface area (TPSA) is 64.2 Å².